The van der Waals surface area contributed by atoms with Crippen molar-refractivity contribution in [2.45, 2.75) is 52.4 Å². The molecular formula is C34H34F2O. The van der Waals surface area contributed by atoms with Crippen LogP contribution in [0.15, 0.2) is 97.3 Å². The number of hydrogen-bond acceptors (Lipinski definition) is 1. The third kappa shape index (κ3) is 6.95. The summed E-state index contributed by atoms with van der Waals surface area (Å²) in [7, 11) is 0. The zero-order chi connectivity index (χ0) is 26.0. The van der Waals surface area contributed by atoms with E-state index >= 15 is 0 Å². The van der Waals surface area contributed by atoms with Crippen molar-refractivity contribution in [3.63, 3.8) is 0 Å². The topological polar surface area (TPSA) is 9.23 Å². The SMILES string of the molecule is C/C=C/Oc1ccc(CCc2ccc(-c3ccc(-c4ccc(CCCCC)cc4)cc3)cc2)c(F)c1F. The van der Waals surface area contributed by atoms with Crippen LogP contribution in [0.2, 0.25) is 0 Å². The highest BCUT2D eigenvalue weighted by molar-refractivity contribution is 5.70. The Morgan fingerprint density at radius 1 is 0.595 bits per heavy atom. The number of benzene rings is 4. The first-order valence-electron chi connectivity index (χ1n) is 13.1. The monoisotopic (exact) mass is 496 g/mol. The summed E-state index contributed by atoms with van der Waals surface area (Å²) < 4.78 is 33.8. The molecular weight excluding hydrogens is 462 g/mol. The van der Waals surface area contributed by atoms with Crippen LogP contribution in [0, 0.1) is 11.6 Å². The first-order chi connectivity index (χ1) is 18.1. The molecule has 4 aromatic rings. The summed E-state index contributed by atoms with van der Waals surface area (Å²) in [6.07, 6.45) is 8.92. The van der Waals surface area contributed by atoms with E-state index < -0.39 is 11.6 Å². The normalized spacial score (nSPS) is 11.2. The van der Waals surface area contributed by atoms with Crippen LogP contribution in [0.3, 0.4) is 0 Å². The number of halogens is 2. The first-order valence-corrected chi connectivity index (χ1v) is 13.1. The maximum absolute atomic E-state index is 14.4. The summed E-state index contributed by atoms with van der Waals surface area (Å²) in [5.41, 5.74) is 7.54. The van der Waals surface area contributed by atoms with Gasteiger partial charge in [0.15, 0.2) is 11.6 Å². The van der Waals surface area contributed by atoms with E-state index in [1.165, 1.54) is 48.3 Å². The largest absolute Gasteiger partial charge is 0.462 e. The van der Waals surface area contributed by atoms with Crippen molar-refractivity contribution in [1.82, 2.24) is 0 Å². The van der Waals surface area contributed by atoms with Gasteiger partial charge in [-0.2, -0.15) is 4.39 Å². The van der Waals surface area contributed by atoms with E-state index in [-0.39, 0.29) is 5.75 Å². The molecule has 0 saturated heterocycles. The number of hydrogen-bond donors (Lipinski definition) is 0. The van der Waals surface area contributed by atoms with Gasteiger partial charge in [0.05, 0.1) is 6.26 Å². The molecule has 0 atom stereocenters. The van der Waals surface area contributed by atoms with Crippen LogP contribution in [0.1, 0.15) is 49.8 Å². The van der Waals surface area contributed by atoms with E-state index in [1.807, 2.05) is 0 Å². The van der Waals surface area contributed by atoms with Gasteiger partial charge in [0.1, 0.15) is 0 Å². The van der Waals surface area contributed by atoms with E-state index in [1.54, 1.807) is 19.1 Å². The minimum Gasteiger partial charge on any atom is -0.462 e. The summed E-state index contributed by atoms with van der Waals surface area (Å²) >= 11 is 0. The van der Waals surface area contributed by atoms with Gasteiger partial charge in [-0.3, -0.25) is 0 Å². The Morgan fingerprint density at radius 2 is 1.11 bits per heavy atom. The molecule has 190 valence electrons. The molecule has 0 fully saturated rings. The van der Waals surface area contributed by atoms with Crippen LogP contribution in [-0.2, 0) is 19.3 Å². The van der Waals surface area contributed by atoms with Gasteiger partial charge in [-0.1, -0.05) is 105 Å². The summed E-state index contributed by atoms with van der Waals surface area (Å²) in [4.78, 5) is 0. The van der Waals surface area contributed by atoms with Crippen LogP contribution >= 0.6 is 0 Å². The zero-order valence-electron chi connectivity index (χ0n) is 21.6. The Kier molecular flexibility index (Phi) is 9.26. The number of allylic oxidation sites excluding steroid dienone is 1. The molecule has 0 bridgehead atoms. The lowest BCUT2D eigenvalue weighted by atomic mass is 9.97. The number of aryl methyl sites for hydroxylation is 3. The standard InChI is InChI=1S/C34H34F2O/c1-3-5-6-7-25-8-13-27(14-9-25)29-18-20-30(21-19-29)28-15-10-26(11-16-28)12-17-31-22-23-32(37-24-4-2)34(36)33(31)35/h4,8-11,13-16,18-24H,3,5-7,12,17H2,1-2H3/b24-4+. The Hall–Kier alpha value is -3.72. The molecule has 0 radical (unpaired) electrons. The van der Waals surface area contributed by atoms with Gasteiger partial charge in [0.25, 0.3) is 0 Å². The molecule has 0 aromatic heterocycles. The van der Waals surface area contributed by atoms with Crippen molar-refractivity contribution in [3.05, 3.63) is 126 Å². The summed E-state index contributed by atoms with van der Waals surface area (Å²) in [6, 6.07) is 28.9. The third-order valence-electron chi connectivity index (χ3n) is 6.67. The predicted octanol–water partition coefficient (Wildman–Crippen LogP) is 9.73. The lowest BCUT2D eigenvalue weighted by molar-refractivity contribution is 0.411. The maximum Gasteiger partial charge on any atom is 0.201 e. The van der Waals surface area contributed by atoms with Crippen LogP contribution in [0.25, 0.3) is 22.3 Å². The molecule has 1 nitrogen and oxygen atoms in total. The minimum atomic E-state index is -0.947. The smallest absolute Gasteiger partial charge is 0.201 e. The molecule has 4 rings (SSSR count). The molecule has 0 heterocycles. The van der Waals surface area contributed by atoms with Crippen LogP contribution in [0.5, 0.6) is 5.75 Å². The third-order valence-corrected chi connectivity index (χ3v) is 6.67. The molecule has 0 aliphatic rings. The fourth-order valence-corrected chi connectivity index (χ4v) is 4.44. The van der Waals surface area contributed by atoms with Crippen molar-refractivity contribution in [2.24, 2.45) is 0 Å². The number of ether oxygens (including phenoxy) is 1. The molecule has 37 heavy (non-hydrogen) atoms. The average Bonchev–Trinajstić information content (AvgIpc) is 2.94. The number of rotatable bonds is 11. The first kappa shape index (κ1) is 26.3. The van der Waals surface area contributed by atoms with Crippen molar-refractivity contribution in [2.75, 3.05) is 0 Å². The fourth-order valence-electron chi connectivity index (χ4n) is 4.44. The zero-order valence-corrected chi connectivity index (χ0v) is 21.6. The van der Waals surface area contributed by atoms with Gasteiger partial charge in [-0.15, -0.1) is 0 Å². The Balaban J connectivity index is 1.36. The Morgan fingerprint density at radius 3 is 1.62 bits per heavy atom. The minimum absolute atomic E-state index is 0.103. The van der Waals surface area contributed by atoms with Crippen LogP contribution in [0.4, 0.5) is 8.78 Å². The molecule has 3 heteroatoms. The Labute approximate surface area is 219 Å². The van der Waals surface area contributed by atoms with Crippen molar-refractivity contribution in [3.8, 4) is 28.0 Å². The maximum atomic E-state index is 14.4. The average molecular weight is 497 g/mol. The molecule has 0 aliphatic carbocycles. The quantitative estimate of drug-likeness (QED) is 0.148. The van der Waals surface area contributed by atoms with E-state index in [0.29, 0.717) is 18.4 Å². The lowest BCUT2D eigenvalue weighted by Crippen LogP contribution is -2.00. The predicted molar refractivity (Wildman–Crippen MR) is 150 cm³/mol. The molecule has 0 spiro atoms. The molecule has 0 amide bonds. The second-order valence-corrected chi connectivity index (χ2v) is 9.37. The summed E-state index contributed by atoms with van der Waals surface area (Å²) in [5, 5.41) is 0. The van der Waals surface area contributed by atoms with Crippen molar-refractivity contribution < 1.29 is 13.5 Å². The Bertz CT molecular complexity index is 1300. The fraction of sp³-hybridized carbons (Fsp3) is 0.235. The molecule has 4 aromatic carbocycles. The highest BCUT2D eigenvalue weighted by Gasteiger charge is 2.14. The van der Waals surface area contributed by atoms with Crippen LogP contribution < -0.4 is 4.74 Å². The molecule has 0 unspecified atom stereocenters. The van der Waals surface area contributed by atoms with Gasteiger partial charge < -0.3 is 4.74 Å². The van der Waals surface area contributed by atoms with Gasteiger partial charge in [0, 0.05) is 0 Å². The van der Waals surface area contributed by atoms with E-state index in [2.05, 4.69) is 79.7 Å². The second kappa shape index (κ2) is 13.0. The lowest BCUT2D eigenvalue weighted by Gasteiger charge is -2.09. The van der Waals surface area contributed by atoms with Gasteiger partial charge in [-0.05, 0) is 77.6 Å². The molecule has 0 aliphatic heterocycles. The molecule has 0 N–H and O–H groups in total. The summed E-state index contributed by atoms with van der Waals surface area (Å²) in [5.74, 6) is -1.89. The van der Waals surface area contributed by atoms with Crippen molar-refractivity contribution >= 4 is 0 Å². The highest BCUT2D eigenvalue weighted by atomic mass is 19.2. The highest BCUT2D eigenvalue weighted by Crippen LogP contribution is 2.27. The van der Waals surface area contributed by atoms with E-state index in [9.17, 15) is 8.78 Å². The van der Waals surface area contributed by atoms with Gasteiger partial charge >= 0.3 is 0 Å². The van der Waals surface area contributed by atoms with Crippen LogP contribution in [-0.4, -0.2) is 0 Å². The summed E-state index contributed by atoms with van der Waals surface area (Å²) in [6.45, 7) is 3.98. The van der Waals surface area contributed by atoms with E-state index in [0.717, 1.165) is 23.1 Å². The van der Waals surface area contributed by atoms with Crippen molar-refractivity contribution in [1.29, 1.82) is 0 Å². The molecule has 0 saturated carbocycles. The van der Waals surface area contributed by atoms with Gasteiger partial charge in [-0.25, -0.2) is 4.39 Å². The van der Waals surface area contributed by atoms with E-state index in [4.69, 9.17) is 4.74 Å². The second-order valence-electron chi connectivity index (χ2n) is 9.37. The van der Waals surface area contributed by atoms with Gasteiger partial charge in [0.2, 0.25) is 5.82 Å². The number of unbranched alkanes of at least 4 members (excludes halogenated alkanes) is 2.